The number of hydrogen-bond donors (Lipinski definition) is 3. The Morgan fingerprint density at radius 1 is 1.13 bits per heavy atom. The maximum atomic E-state index is 12.9. The quantitative estimate of drug-likeness (QED) is 0.750. The minimum absolute atomic E-state index is 0. The average molecular weight is 337 g/mol. The van der Waals surface area contributed by atoms with Crippen LogP contribution in [0.15, 0.2) is 30.3 Å². The molecule has 3 aliphatic rings. The summed E-state index contributed by atoms with van der Waals surface area (Å²) in [6.45, 7) is 3.70. The highest BCUT2D eigenvalue weighted by Gasteiger charge is 2.43. The van der Waals surface area contributed by atoms with Crippen molar-refractivity contribution in [2.75, 3.05) is 26.2 Å². The Kier molecular flexibility index (Phi) is 5.21. The van der Waals surface area contributed by atoms with Gasteiger partial charge in [-0.2, -0.15) is 0 Å². The Balaban J connectivity index is 0.00000156. The lowest BCUT2D eigenvalue weighted by Gasteiger charge is -2.29. The molecule has 1 aromatic carbocycles. The molecular formula is C17H25ClN4O. The molecule has 3 aliphatic heterocycles. The summed E-state index contributed by atoms with van der Waals surface area (Å²) in [5, 5.41) is 3.42. The van der Waals surface area contributed by atoms with E-state index in [1.54, 1.807) is 0 Å². The van der Waals surface area contributed by atoms with Crippen molar-refractivity contribution >= 4 is 18.3 Å². The van der Waals surface area contributed by atoms with Crippen molar-refractivity contribution in [3.63, 3.8) is 0 Å². The number of hydrogen-bond acceptors (Lipinski definition) is 4. The molecule has 3 fully saturated rings. The van der Waals surface area contributed by atoms with Crippen LogP contribution < -0.4 is 16.2 Å². The predicted octanol–water partition coefficient (Wildman–Crippen LogP) is 0.879. The number of halogens is 1. The first-order chi connectivity index (χ1) is 10.8. The molecule has 0 saturated carbocycles. The van der Waals surface area contributed by atoms with Gasteiger partial charge in [0.15, 0.2) is 0 Å². The van der Waals surface area contributed by atoms with E-state index in [-0.39, 0.29) is 24.4 Å². The molecule has 1 amide bonds. The average Bonchev–Trinajstić information content (AvgIpc) is 3.22. The van der Waals surface area contributed by atoms with Gasteiger partial charge in [0.2, 0.25) is 5.91 Å². The fourth-order valence-corrected chi connectivity index (χ4v) is 4.12. The molecule has 0 radical (unpaired) electrons. The molecule has 0 aliphatic carbocycles. The number of rotatable bonds is 2. The van der Waals surface area contributed by atoms with E-state index in [0.29, 0.717) is 17.9 Å². The van der Waals surface area contributed by atoms with Crippen molar-refractivity contribution in [3.05, 3.63) is 35.9 Å². The summed E-state index contributed by atoms with van der Waals surface area (Å²) in [6, 6.07) is 10.9. The SMILES string of the molecule is Cl.O=C(C1NNC2CCNCC21)N1CCC(c2ccccc2)C1. The third-order valence-corrected chi connectivity index (χ3v) is 5.42. The van der Waals surface area contributed by atoms with Gasteiger partial charge in [-0.05, 0) is 24.9 Å². The number of benzene rings is 1. The molecule has 3 N–H and O–H groups in total. The Hall–Kier alpha value is -1.14. The van der Waals surface area contributed by atoms with E-state index in [1.807, 2.05) is 11.0 Å². The zero-order valence-electron chi connectivity index (χ0n) is 13.2. The lowest BCUT2D eigenvalue weighted by molar-refractivity contribution is -0.133. The summed E-state index contributed by atoms with van der Waals surface area (Å²) in [5.74, 6) is 1.12. The molecule has 0 bridgehead atoms. The van der Waals surface area contributed by atoms with E-state index in [0.717, 1.165) is 39.0 Å². The van der Waals surface area contributed by atoms with Gasteiger partial charge in [0.05, 0.1) is 0 Å². The monoisotopic (exact) mass is 336 g/mol. The molecule has 3 saturated heterocycles. The number of likely N-dealkylation sites (tertiary alicyclic amines) is 1. The first-order valence-electron chi connectivity index (χ1n) is 8.38. The summed E-state index contributed by atoms with van der Waals surface area (Å²) in [5.41, 5.74) is 7.92. The van der Waals surface area contributed by atoms with E-state index in [4.69, 9.17) is 0 Å². The second-order valence-corrected chi connectivity index (χ2v) is 6.71. The smallest absolute Gasteiger partial charge is 0.241 e. The standard InChI is InChI=1S/C17H24N4O.ClH/c22-17(16-14-10-18-8-6-15(14)19-20-16)21-9-7-13(11-21)12-4-2-1-3-5-12;/h1-5,13-16,18-20H,6-11H2;1H. The van der Waals surface area contributed by atoms with E-state index >= 15 is 0 Å². The molecular weight excluding hydrogens is 312 g/mol. The zero-order chi connectivity index (χ0) is 14.9. The van der Waals surface area contributed by atoms with Crippen LogP contribution in [0.5, 0.6) is 0 Å². The van der Waals surface area contributed by atoms with Crippen molar-refractivity contribution in [2.24, 2.45) is 5.92 Å². The normalized spacial score (nSPS) is 33.1. The van der Waals surface area contributed by atoms with Gasteiger partial charge in [-0.15, -0.1) is 12.4 Å². The number of piperidine rings is 1. The van der Waals surface area contributed by atoms with E-state index in [2.05, 4.69) is 40.4 Å². The van der Waals surface area contributed by atoms with Crippen LogP contribution in [-0.4, -0.2) is 49.1 Å². The fourth-order valence-electron chi connectivity index (χ4n) is 4.12. The molecule has 4 unspecified atom stereocenters. The number of amides is 1. The second-order valence-electron chi connectivity index (χ2n) is 6.71. The minimum atomic E-state index is -0.0766. The molecule has 4 rings (SSSR count). The van der Waals surface area contributed by atoms with Crippen LogP contribution >= 0.6 is 12.4 Å². The molecule has 126 valence electrons. The number of nitrogens with one attached hydrogen (secondary N) is 3. The largest absolute Gasteiger partial charge is 0.341 e. The first-order valence-corrected chi connectivity index (χ1v) is 8.38. The zero-order valence-corrected chi connectivity index (χ0v) is 14.0. The van der Waals surface area contributed by atoms with Crippen LogP contribution in [0.2, 0.25) is 0 Å². The molecule has 1 aromatic rings. The van der Waals surface area contributed by atoms with Gasteiger partial charge in [0.25, 0.3) is 0 Å². The predicted molar refractivity (Wildman–Crippen MR) is 92.5 cm³/mol. The number of nitrogens with zero attached hydrogens (tertiary/aromatic N) is 1. The molecule has 23 heavy (non-hydrogen) atoms. The highest BCUT2D eigenvalue weighted by atomic mass is 35.5. The topological polar surface area (TPSA) is 56.4 Å². The van der Waals surface area contributed by atoms with Crippen LogP contribution in [0, 0.1) is 5.92 Å². The Bertz CT molecular complexity index is 541. The lowest BCUT2D eigenvalue weighted by atomic mass is 9.89. The number of hydrazine groups is 1. The van der Waals surface area contributed by atoms with E-state index < -0.39 is 0 Å². The second kappa shape index (κ2) is 7.18. The first kappa shape index (κ1) is 16.7. The summed E-state index contributed by atoms with van der Waals surface area (Å²) >= 11 is 0. The molecule has 5 nitrogen and oxygen atoms in total. The van der Waals surface area contributed by atoms with Crippen LogP contribution in [-0.2, 0) is 4.79 Å². The highest BCUT2D eigenvalue weighted by Crippen LogP contribution is 2.29. The van der Waals surface area contributed by atoms with Crippen molar-refractivity contribution in [3.8, 4) is 0 Å². The van der Waals surface area contributed by atoms with Crippen LogP contribution in [0.25, 0.3) is 0 Å². The van der Waals surface area contributed by atoms with Gasteiger partial charge < -0.3 is 10.2 Å². The van der Waals surface area contributed by atoms with Gasteiger partial charge in [-0.3, -0.25) is 10.2 Å². The van der Waals surface area contributed by atoms with Gasteiger partial charge >= 0.3 is 0 Å². The van der Waals surface area contributed by atoms with Crippen LogP contribution in [0.3, 0.4) is 0 Å². The van der Waals surface area contributed by atoms with E-state index in [1.165, 1.54) is 5.56 Å². The molecule has 0 spiro atoms. The van der Waals surface area contributed by atoms with Crippen LogP contribution in [0.4, 0.5) is 0 Å². The maximum Gasteiger partial charge on any atom is 0.241 e. The number of fused-ring (bicyclic) bond motifs is 1. The summed E-state index contributed by atoms with van der Waals surface area (Å²) in [4.78, 5) is 14.9. The minimum Gasteiger partial charge on any atom is -0.341 e. The van der Waals surface area contributed by atoms with Gasteiger partial charge in [0, 0.05) is 37.5 Å². The van der Waals surface area contributed by atoms with E-state index in [9.17, 15) is 4.79 Å². The maximum absolute atomic E-state index is 12.9. The van der Waals surface area contributed by atoms with Crippen molar-refractivity contribution in [1.29, 1.82) is 0 Å². The molecule has 3 heterocycles. The molecule has 0 aromatic heterocycles. The van der Waals surface area contributed by atoms with Gasteiger partial charge in [-0.1, -0.05) is 30.3 Å². The summed E-state index contributed by atoms with van der Waals surface area (Å²) < 4.78 is 0. The third kappa shape index (κ3) is 3.24. The van der Waals surface area contributed by atoms with Crippen molar-refractivity contribution in [2.45, 2.75) is 30.8 Å². The highest BCUT2D eigenvalue weighted by molar-refractivity contribution is 5.85. The molecule has 6 heteroatoms. The number of carbonyl (C=O) groups is 1. The summed E-state index contributed by atoms with van der Waals surface area (Å²) in [7, 11) is 0. The summed E-state index contributed by atoms with van der Waals surface area (Å²) in [6.07, 6.45) is 2.16. The lowest BCUT2D eigenvalue weighted by Crippen LogP contribution is -2.50. The Morgan fingerprint density at radius 2 is 1.96 bits per heavy atom. The Morgan fingerprint density at radius 3 is 2.78 bits per heavy atom. The third-order valence-electron chi connectivity index (χ3n) is 5.42. The Labute approximate surface area is 143 Å². The van der Waals surface area contributed by atoms with Crippen molar-refractivity contribution in [1.82, 2.24) is 21.1 Å². The van der Waals surface area contributed by atoms with Crippen LogP contribution in [0.1, 0.15) is 24.3 Å². The van der Waals surface area contributed by atoms with Gasteiger partial charge in [-0.25, -0.2) is 5.43 Å². The molecule has 4 atom stereocenters. The number of carbonyl (C=O) groups excluding carboxylic acids is 1. The van der Waals surface area contributed by atoms with Gasteiger partial charge in [0.1, 0.15) is 6.04 Å². The van der Waals surface area contributed by atoms with Crippen molar-refractivity contribution < 1.29 is 4.79 Å². The fraction of sp³-hybridized carbons (Fsp3) is 0.588.